The number of aryl methyl sites for hydroxylation is 1. The van der Waals surface area contributed by atoms with Crippen LogP contribution in [0.5, 0.6) is 5.75 Å². The summed E-state index contributed by atoms with van der Waals surface area (Å²) in [4.78, 5) is 14.6. The fourth-order valence-electron chi connectivity index (χ4n) is 2.86. The maximum atomic E-state index is 12.9. The Bertz CT molecular complexity index is 870. The number of amides is 1. The van der Waals surface area contributed by atoms with Crippen molar-refractivity contribution in [3.8, 4) is 17.0 Å². The van der Waals surface area contributed by atoms with E-state index in [0.717, 1.165) is 22.6 Å². The first-order valence-electron chi connectivity index (χ1n) is 8.64. The van der Waals surface area contributed by atoms with Crippen molar-refractivity contribution in [2.24, 2.45) is 0 Å². The summed E-state index contributed by atoms with van der Waals surface area (Å²) in [5.41, 5.74) is 3.43. The number of hydrogen-bond acceptors (Lipinski definition) is 3. The average Bonchev–Trinajstić information content (AvgIpc) is 3.12. The minimum atomic E-state index is -0.0389. The van der Waals surface area contributed by atoms with Crippen LogP contribution in [0.3, 0.4) is 0 Å². The Kier molecular flexibility index (Phi) is 5.37. The van der Waals surface area contributed by atoms with Gasteiger partial charge in [-0.1, -0.05) is 30.3 Å². The molecule has 2 aromatic carbocycles. The van der Waals surface area contributed by atoms with Gasteiger partial charge < -0.3 is 9.64 Å². The highest BCUT2D eigenvalue weighted by molar-refractivity contribution is 5.93. The van der Waals surface area contributed by atoms with Crippen LogP contribution in [0.4, 0.5) is 0 Å². The van der Waals surface area contributed by atoms with Crippen molar-refractivity contribution in [2.45, 2.75) is 20.0 Å². The lowest BCUT2D eigenvalue weighted by molar-refractivity contribution is 0.0773. The molecule has 3 rings (SSSR count). The fourth-order valence-corrected chi connectivity index (χ4v) is 2.86. The monoisotopic (exact) mass is 349 g/mol. The third-order valence-electron chi connectivity index (χ3n) is 4.29. The highest BCUT2D eigenvalue weighted by atomic mass is 16.5. The molecular weight excluding hydrogens is 326 g/mol. The largest absolute Gasteiger partial charge is 0.497 e. The Morgan fingerprint density at radius 2 is 1.81 bits per heavy atom. The van der Waals surface area contributed by atoms with Gasteiger partial charge in [-0.2, -0.15) is 5.10 Å². The molecule has 1 heterocycles. The molecule has 0 spiro atoms. The van der Waals surface area contributed by atoms with E-state index in [1.54, 1.807) is 16.7 Å². The number of methoxy groups -OCH3 is 1. The normalized spacial score (nSPS) is 10.6. The summed E-state index contributed by atoms with van der Waals surface area (Å²) in [6.07, 6.45) is 0. The number of ether oxygens (including phenoxy) is 1. The predicted molar refractivity (Wildman–Crippen MR) is 102 cm³/mol. The van der Waals surface area contributed by atoms with Crippen LogP contribution in [0.15, 0.2) is 60.7 Å². The van der Waals surface area contributed by atoms with E-state index in [2.05, 4.69) is 5.10 Å². The Balaban J connectivity index is 1.84. The summed E-state index contributed by atoms with van der Waals surface area (Å²) in [6.45, 7) is 3.18. The van der Waals surface area contributed by atoms with E-state index < -0.39 is 0 Å². The van der Waals surface area contributed by atoms with Crippen LogP contribution in [0.2, 0.25) is 0 Å². The molecule has 0 aliphatic rings. The zero-order valence-electron chi connectivity index (χ0n) is 15.3. The molecule has 0 N–H and O–H groups in total. The quantitative estimate of drug-likeness (QED) is 0.679. The van der Waals surface area contributed by atoms with E-state index in [4.69, 9.17) is 4.74 Å². The summed E-state index contributed by atoms with van der Waals surface area (Å²) >= 11 is 0. The van der Waals surface area contributed by atoms with Gasteiger partial charge in [0.25, 0.3) is 5.91 Å². The number of nitrogens with zero attached hydrogens (tertiary/aromatic N) is 3. The van der Waals surface area contributed by atoms with Gasteiger partial charge in [-0.3, -0.25) is 9.48 Å². The van der Waals surface area contributed by atoms with Crippen LogP contribution in [0.25, 0.3) is 11.3 Å². The maximum Gasteiger partial charge on any atom is 0.272 e. The van der Waals surface area contributed by atoms with Crippen LogP contribution < -0.4 is 4.74 Å². The zero-order valence-corrected chi connectivity index (χ0v) is 15.3. The number of rotatable bonds is 6. The van der Waals surface area contributed by atoms with Gasteiger partial charge in [-0.25, -0.2) is 0 Å². The summed E-state index contributed by atoms with van der Waals surface area (Å²) < 4.78 is 6.95. The molecule has 0 fully saturated rings. The van der Waals surface area contributed by atoms with Crippen molar-refractivity contribution in [3.63, 3.8) is 0 Å². The van der Waals surface area contributed by atoms with Gasteiger partial charge in [0.05, 0.1) is 12.8 Å². The van der Waals surface area contributed by atoms with E-state index in [0.29, 0.717) is 18.8 Å². The molecule has 0 saturated carbocycles. The van der Waals surface area contributed by atoms with Crippen LogP contribution in [0.1, 0.15) is 23.0 Å². The van der Waals surface area contributed by atoms with Gasteiger partial charge in [0, 0.05) is 25.7 Å². The van der Waals surface area contributed by atoms with Gasteiger partial charge in [0.1, 0.15) is 11.4 Å². The lowest BCUT2D eigenvalue weighted by Crippen LogP contribution is -2.28. The average molecular weight is 349 g/mol. The molecule has 0 radical (unpaired) electrons. The van der Waals surface area contributed by atoms with Gasteiger partial charge in [-0.15, -0.1) is 0 Å². The van der Waals surface area contributed by atoms with Crippen molar-refractivity contribution in [3.05, 3.63) is 71.9 Å². The van der Waals surface area contributed by atoms with Crippen molar-refractivity contribution < 1.29 is 9.53 Å². The number of aromatic nitrogens is 2. The van der Waals surface area contributed by atoms with Crippen molar-refractivity contribution in [2.75, 3.05) is 14.2 Å². The first-order valence-corrected chi connectivity index (χ1v) is 8.64. The third kappa shape index (κ3) is 3.77. The molecule has 3 aromatic rings. The molecule has 0 atom stereocenters. The third-order valence-corrected chi connectivity index (χ3v) is 4.29. The summed E-state index contributed by atoms with van der Waals surface area (Å²) in [7, 11) is 3.45. The minimum absolute atomic E-state index is 0.0389. The van der Waals surface area contributed by atoms with Gasteiger partial charge >= 0.3 is 0 Å². The topological polar surface area (TPSA) is 47.4 Å². The Morgan fingerprint density at radius 3 is 2.42 bits per heavy atom. The zero-order chi connectivity index (χ0) is 18.5. The molecule has 134 valence electrons. The first-order chi connectivity index (χ1) is 12.6. The molecule has 1 aromatic heterocycles. The lowest BCUT2D eigenvalue weighted by atomic mass is 10.1. The molecule has 0 saturated heterocycles. The lowest BCUT2D eigenvalue weighted by Gasteiger charge is -2.17. The molecular formula is C21H23N3O2. The Hall–Kier alpha value is -3.08. The molecule has 0 aliphatic carbocycles. The van der Waals surface area contributed by atoms with Crippen molar-refractivity contribution in [1.82, 2.24) is 14.7 Å². The summed E-state index contributed by atoms with van der Waals surface area (Å²) in [6, 6.07) is 19.5. The van der Waals surface area contributed by atoms with Gasteiger partial charge in [0.2, 0.25) is 0 Å². The number of carbonyl (C=O) groups is 1. The smallest absolute Gasteiger partial charge is 0.272 e. The second kappa shape index (κ2) is 7.87. The van der Waals surface area contributed by atoms with Crippen molar-refractivity contribution in [1.29, 1.82) is 0 Å². The summed E-state index contributed by atoms with van der Waals surface area (Å²) in [5.74, 6) is 0.755. The van der Waals surface area contributed by atoms with Crippen LogP contribution in [-0.4, -0.2) is 34.7 Å². The van der Waals surface area contributed by atoms with E-state index >= 15 is 0 Å². The summed E-state index contributed by atoms with van der Waals surface area (Å²) in [5, 5.41) is 4.59. The van der Waals surface area contributed by atoms with E-state index in [1.807, 2.05) is 74.6 Å². The van der Waals surface area contributed by atoms with Gasteiger partial charge in [-0.05, 0) is 42.8 Å². The molecule has 0 aliphatic heterocycles. The second-order valence-electron chi connectivity index (χ2n) is 6.11. The molecule has 26 heavy (non-hydrogen) atoms. The SMILES string of the molecule is CCn1nc(-c2ccc(OC)cc2)cc1C(=O)N(C)Cc1ccccc1. The molecule has 0 bridgehead atoms. The first kappa shape index (κ1) is 17.7. The second-order valence-corrected chi connectivity index (χ2v) is 6.11. The number of hydrogen-bond donors (Lipinski definition) is 0. The fraction of sp³-hybridized carbons (Fsp3) is 0.238. The van der Waals surface area contributed by atoms with E-state index in [1.165, 1.54) is 0 Å². The maximum absolute atomic E-state index is 12.9. The molecule has 5 heteroatoms. The highest BCUT2D eigenvalue weighted by Crippen LogP contribution is 2.23. The Labute approximate surface area is 153 Å². The highest BCUT2D eigenvalue weighted by Gasteiger charge is 2.19. The number of carbonyl (C=O) groups excluding carboxylic acids is 1. The Morgan fingerprint density at radius 1 is 1.12 bits per heavy atom. The molecule has 0 unspecified atom stereocenters. The predicted octanol–water partition coefficient (Wildman–Crippen LogP) is 3.85. The van der Waals surface area contributed by atoms with Crippen LogP contribution in [0, 0.1) is 0 Å². The van der Waals surface area contributed by atoms with Gasteiger partial charge in [0.15, 0.2) is 0 Å². The minimum Gasteiger partial charge on any atom is -0.497 e. The molecule has 1 amide bonds. The van der Waals surface area contributed by atoms with E-state index in [-0.39, 0.29) is 5.91 Å². The standard InChI is InChI=1S/C21H23N3O2/c1-4-24-20(21(25)23(2)15-16-8-6-5-7-9-16)14-19(22-24)17-10-12-18(26-3)13-11-17/h5-14H,4,15H2,1-3H3. The van der Waals surface area contributed by atoms with Crippen LogP contribution >= 0.6 is 0 Å². The van der Waals surface area contributed by atoms with Crippen molar-refractivity contribution >= 4 is 5.91 Å². The van der Waals surface area contributed by atoms with E-state index in [9.17, 15) is 4.79 Å². The number of benzene rings is 2. The molecule has 5 nitrogen and oxygen atoms in total. The van der Waals surface area contributed by atoms with Crippen LogP contribution in [-0.2, 0) is 13.1 Å².